The van der Waals surface area contributed by atoms with Crippen molar-refractivity contribution in [2.24, 2.45) is 0 Å². The number of hydrogen-bond acceptors (Lipinski definition) is 12. The summed E-state index contributed by atoms with van der Waals surface area (Å²) in [6.07, 6.45) is 1.32. The molecule has 1 aliphatic carbocycles. The van der Waals surface area contributed by atoms with Crippen molar-refractivity contribution in [3.8, 4) is 6.07 Å². The highest BCUT2D eigenvalue weighted by Gasteiger charge is 2.36. The van der Waals surface area contributed by atoms with Gasteiger partial charge in [-0.15, -0.1) is 0 Å². The number of aliphatic hydroxyl groups is 1. The van der Waals surface area contributed by atoms with E-state index in [1.165, 1.54) is 24.0 Å². The third-order valence-electron chi connectivity index (χ3n) is 8.85. The van der Waals surface area contributed by atoms with Crippen LogP contribution in [0.3, 0.4) is 0 Å². The fourth-order valence-corrected chi connectivity index (χ4v) is 6.12. The Balaban J connectivity index is 1.03. The van der Waals surface area contributed by atoms with Gasteiger partial charge in [-0.05, 0) is 43.2 Å². The van der Waals surface area contributed by atoms with E-state index in [2.05, 4.69) is 48.3 Å². The number of piperidine rings is 1. The predicted octanol–water partition coefficient (Wildman–Crippen LogP) is 1.70. The van der Waals surface area contributed by atoms with Crippen LogP contribution in [0.25, 0.3) is 5.57 Å². The van der Waals surface area contributed by atoms with Crippen molar-refractivity contribution in [1.29, 1.82) is 5.26 Å². The first-order chi connectivity index (χ1) is 22.4. The minimum atomic E-state index is -1.46. The van der Waals surface area contributed by atoms with Crippen LogP contribution in [0.5, 0.6) is 0 Å². The molecule has 2 unspecified atom stereocenters. The van der Waals surface area contributed by atoms with Gasteiger partial charge in [0.25, 0.3) is 5.91 Å². The summed E-state index contributed by atoms with van der Waals surface area (Å²) in [5, 5.41) is 23.0. The highest BCUT2D eigenvalue weighted by Crippen LogP contribution is 2.30. The topological polar surface area (TPSA) is 149 Å². The largest absolute Gasteiger partial charge is 0.381 e. The molecule has 244 valence electrons. The smallest absolute Gasteiger partial charge is 0.253 e. The van der Waals surface area contributed by atoms with E-state index in [-0.39, 0.29) is 26.1 Å². The second-order valence-electron chi connectivity index (χ2n) is 11.8. The van der Waals surface area contributed by atoms with Crippen LogP contribution in [0.1, 0.15) is 18.7 Å². The van der Waals surface area contributed by atoms with Crippen LogP contribution < -0.4 is 10.2 Å². The Morgan fingerprint density at radius 1 is 1.20 bits per heavy atom. The Kier molecular flexibility index (Phi) is 10.2. The molecule has 13 nitrogen and oxygen atoms in total. The number of benzene rings is 1. The number of anilines is 3. The Morgan fingerprint density at radius 2 is 1.98 bits per heavy atom. The van der Waals surface area contributed by atoms with E-state index in [4.69, 9.17) is 14.2 Å². The maximum absolute atomic E-state index is 15.0. The fraction of sp³-hybridized carbons (Fsp3) is 0.531. The van der Waals surface area contributed by atoms with Gasteiger partial charge in [0.15, 0.2) is 11.9 Å². The van der Waals surface area contributed by atoms with Crippen LogP contribution in [0.2, 0.25) is 0 Å². The maximum Gasteiger partial charge on any atom is 0.253 e. The molecule has 4 heterocycles. The van der Waals surface area contributed by atoms with Gasteiger partial charge in [0.2, 0.25) is 5.95 Å². The Bertz CT molecular complexity index is 1470. The normalized spacial score (nSPS) is 24.8. The summed E-state index contributed by atoms with van der Waals surface area (Å²) < 4.78 is 31.2. The lowest BCUT2D eigenvalue weighted by Gasteiger charge is -2.43. The zero-order valence-electron chi connectivity index (χ0n) is 25.8. The number of carbonyl (C=O) groups excluding carboxylic acids is 1. The lowest BCUT2D eigenvalue weighted by molar-refractivity contribution is -0.149. The van der Waals surface area contributed by atoms with E-state index in [1.807, 2.05) is 18.2 Å². The number of aliphatic hydroxyl groups excluding tert-OH is 1. The number of carbonyl (C=O) groups is 1. The number of aromatic nitrogens is 3. The zero-order chi connectivity index (χ0) is 32.0. The number of nitrogens with zero attached hydrogens (tertiary/aromatic N) is 7. The van der Waals surface area contributed by atoms with Gasteiger partial charge in [-0.3, -0.25) is 9.69 Å². The van der Waals surface area contributed by atoms with E-state index in [0.717, 1.165) is 45.1 Å². The summed E-state index contributed by atoms with van der Waals surface area (Å²) in [7, 11) is 1.38. The van der Waals surface area contributed by atoms with Gasteiger partial charge in [0.1, 0.15) is 12.5 Å². The fourth-order valence-electron chi connectivity index (χ4n) is 6.12. The van der Waals surface area contributed by atoms with E-state index in [1.54, 1.807) is 6.08 Å². The molecule has 2 aromatic rings. The van der Waals surface area contributed by atoms with Gasteiger partial charge in [0, 0.05) is 56.8 Å². The number of piperazine rings is 1. The predicted molar refractivity (Wildman–Crippen MR) is 167 cm³/mol. The number of alkyl halides is 1. The molecule has 2 N–H and O–H groups in total. The average molecular weight is 635 g/mol. The summed E-state index contributed by atoms with van der Waals surface area (Å²) in [5.41, 5.74) is 3.00. The van der Waals surface area contributed by atoms with Crippen molar-refractivity contribution in [2.75, 3.05) is 76.4 Å². The molecule has 46 heavy (non-hydrogen) atoms. The van der Waals surface area contributed by atoms with Gasteiger partial charge in [-0.1, -0.05) is 6.08 Å². The van der Waals surface area contributed by atoms with Gasteiger partial charge in [-0.25, -0.2) is 14.4 Å². The van der Waals surface area contributed by atoms with Crippen molar-refractivity contribution in [1.82, 2.24) is 24.8 Å². The molecule has 4 aliphatic rings. The van der Waals surface area contributed by atoms with Gasteiger partial charge >= 0.3 is 0 Å². The SMILES string of the molecule is COCC(O)C(=O)N1CC[C@H](OC2CC=C(c3ncnc(Nc4ccc(N5CCN(C6COC6)CC5)cc4)n3)C=C2C#N)[C@H](F)C1. The van der Waals surface area contributed by atoms with Crippen molar-refractivity contribution >= 4 is 28.8 Å². The molecule has 3 saturated heterocycles. The highest BCUT2D eigenvalue weighted by atomic mass is 19.1. The van der Waals surface area contributed by atoms with E-state index < -0.39 is 30.4 Å². The molecule has 4 atom stereocenters. The van der Waals surface area contributed by atoms with Crippen LogP contribution in [0.4, 0.5) is 21.7 Å². The molecule has 0 bridgehead atoms. The Hall–Kier alpha value is -4.00. The molecule has 1 amide bonds. The molecule has 0 radical (unpaired) electrons. The maximum atomic E-state index is 15.0. The first kappa shape index (κ1) is 32.0. The third kappa shape index (κ3) is 7.35. The molecule has 0 saturated carbocycles. The standard InChI is InChI=1S/C32H39FN8O5/c1-44-19-27(42)31(43)41-9-8-29(26(33)16-41)46-28-7-2-21(14-22(28)15-34)30-35-20-36-32(38-30)37-23-3-5-24(6-4-23)39-10-12-40(13-11-39)25-17-45-18-25/h2-6,14,20,25-29,42H,7-13,16-19H2,1H3,(H,35,36,37,38)/t26-,27?,28?,29+/m1/s1. The number of amides is 1. The third-order valence-corrected chi connectivity index (χ3v) is 8.85. The van der Waals surface area contributed by atoms with Crippen LogP contribution in [0.15, 0.2) is 48.3 Å². The number of ether oxygens (including phenoxy) is 3. The molecular formula is C32H39FN8O5. The quantitative estimate of drug-likeness (QED) is 0.392. The van der Waals surface area contributed by atoms with Crippen molar-refractivity contribution in [3.63, 3.8) is 0 Å². The number of nitriles is 1. The van der Waals surface area contributed by atoms with Crippen LogP contribution in [-0.4, -0.2) is 132 Å². The number of methoxy groups -OCH3 is 1. The summed E-state index contributed by atoms with van der Waals surface area (Å²) in [4.78, 5) is 31.7. The van der Waals surface area contributed by atoms with Gasteiger partial charge in [0.05, 0.1) is 56.3 Å². The summed E-state index contributed by atoms with van der Waals surface area (Å²) >= 11 is 0. The number of likely N-dealkylation sites (tertiary alicyclic amines) is 1. The van der Waals surface area contributed by atoms with Crippen LogP contribution >= 0.6 is 0 Å². The molecule has 3 aliphatic heterocycles. The molecule has 1 aromatic carbocycles. The molecule has 6 rings (SSSR count). The van der Waals surface area contributed by atoms with E-state index in [9.17, 15) is 15.2 Å². The Morgan fingerprint density at radius 3 is 2.65 bits per heavy atom. The summed E-state index contributed by atoms with van der Waals surface area (Å²) in [6, 6.07) is 10.9. The highest BCUT2D eigenvalue weighted by molar-refractivity contribution is 5.81. The molecular weight excluding hydrogens is 595 g/mol. The van der Waals surface area contributed by atoms with Gasteiger partial charge in [-0.2, -0.15) is 10.2 Å². The molecule has 0 spiro atoms. The second-order valence-corrected chi connectivity index (χ2v) is 11.8. The molecule has 14 heteroatoms. The molecule has 3 fully saturated rings. The number of allylic oxidation sites excluding steroid dienone is 2. The number of nitrogens with one attached hydrogen (secondary N) is 1. The minimum Gasteiger partial charge on any atom is -0.381 e. The van der Waals surface area contributed by atoms with E-state index in [0.29, 0.717) is 35.4 Å². The first-order valence-electron chi connectivity index (χ1n) is 15.6. The van der Waals surface area contributed by atoms with Crippen molar-refractivity contribution < 1.29 is 28.5 Å². The van der Waals surface area contributed by atoms with Crippen molar-refractivity contribution in [2.45, 2.75) is 43.4 Å². The van der Waals surface area contributed by atoms with Crippen molar-refractivity contribution in [3.05, 3.63) is 54.1 Å². The monoisotopic (exact) mass is 634 g/mol. The minimum absolute atomic E-state index is 0.152. The number of halogens is 1. The van der Waals surface area contributed by atoms with Crippen LogP contribution in [0, 0.1) is 11.3 Å². The zero-order valence-corrected chi connectivity index (χ0v) is 25.8. The summed E-state index contributed by atoms with van der Waals surface area (Å²) in [6.45, 7) is 5.61. The molecule has 1 aromatic heterocycles. The number of hydrogen-bond donors (Lipinski definition) is 2. The Labute approximate surface area is 267 Å². The van der Waals surface area contributed by atoms with Crippen LogP contribution in [-0.2, 0) is 19.0 Å². The number of rotatable bonds is 10. The lowest BCUT2D eigenvalue weighted by atomic mass is 9.96. The van der Waals surface area contributed by atoms with E-state index >= 15 is 4.39 Å². The second kappa shape index (κ2) is 14.6. The van der Waals surface area contributed by atoms with Gasteiger partial charge < -0.3 is 34.4 Å². The lowest BCUT2D eigenvalue weighted by Crippen LogP contribution is -2.56. The summed E-state index contributed by atoms with van der Waals surface area (Å²) in [5.74, 6) is 0.204. The average Bonchev–Trinajstić information content (AvgIpc) is 3.05. The first-order valence-corrected chi connectivity index (χ1v) is 15.6.